The van der Waals surface area contributed by atoms with Gasteiger partial charge in [0.1, 0.15) is 22.9 Å². The van der Waals surface area contributed by atoms with Gasteiger partial charge in [0.15, 0.2) is 0 Å². The van der Waals surface area contributed by atoms with Crippen LogP contribution in [-0.2, 0) is 14.8 Å². The van der Waals surface area contributed by atoms with Crippen LogP contribution in [0.15, 0.2) is 59.0 Å². The van der Waals surface area contributed by atoms with Crippen molar-refractivity contribution in [3.63, 3.8) is 0 Å². The molecule has 0 aliphatic carbocycles. The lowest BCUT2D eigenvalue weighted by Crippen LogP contribution is -2.62. The summed E-state index contributed by atoms with van der Waals surface area (Å²) in [6, 6.07) is 14.5. The standard InChI is InChI=1S/C21H21N3O4S/c25-20(16-13-15-5-1-3-7-18(15)28-14-16)24-11-9-21(10-12-24)22-17-6-2-4-8-19(17)29(26,27)23-21/h1-8,13,22-23H,9-12,14H2. The van der Waals surface area contributed by atoms with E-state index < -0.39 is 15.7 Å². The second-order valence-corrected chi connectivity index (χ2v) is 9.25. The largest absolute Gasteiger partial charge is 0.488 e. The van der Waals surface area contributed by atoms with Crippen LogP contribution in [0, 0.1) is 0 Å². The zero-order valence-electron chi connectivity index (χ0n) is 15.7. The first-order valence-corrected chi connectivity index (χ1v) is 11.1. The highest BCUT2D eigenvalue weighted by atomic mass is 32.2. The van der Waals surface area contributed by atoms with Crippen molar-refractivity contribution in [3.8, 4) is 5.75 Å². The Labute approximate surface area is 169 Å². The quantitative estimate of drug-likeness (QED) is 0.751. The van der Waals surface area contributed by atoms with Gasteiger partial charge in [-0.2, -0.15) is 4.72 Å². The summed E-state index contributed by atoms with van der Waals surface area (Å²) in [5.41, 5.74) is 1.34. The lowest BCUT2D eigenvalue weighted by molar-refractivity contribution is -0.128. The fourth-order valence-electron chi connectivity index (χ4n) is 4.16. The molecule has 0 unspecified atom stereocenters. The zero-order valence-corrected chi connectivity index (χ0v) is 16.5. The molecule has 3 heterocycles. The van der Waals surface area contributed by atoms with Crippen molar-refractivity contribution in [2.75, 3.05) is 25.0 Å². The number of likely N-dealkylation sites (tertiary alicyclic amines) is 1. The third-order valence-corrected chi connectivity index (χ3v) is 7.29. The number of nitrogens with one attached hydrogen (secondary N) is 2. The lowest BCUT2D eigenvalue weighted by atomic mass is 9.96. The zero-order chi connectivity index (χ0) is 20.1. The summed E-state index contributed by atoms with van der Waals surface area (Å²) in [5, 5.41) is 3.35. The van der Waals surface area contributed by atoms with Crippen molar-refractivity contribution in [2.45, 2.75) is 23.4 Å². The maximum Gasteiger partial charge on any atom is 0.253 e. The van der Waals surface area contributed by atoms with Crippen LogP contribution in [-0.4, -0.2) is 44.6 Å². The summed E-state index contributed by atoms with van der Waals surface area (Å²) in [4.78, 5) is 15.0. The van der Waals surface area contributed by atoms with E-state index in [9.17, 15) is 13.2 Å². The first-order chi connectivity index (χ1) is 14.0. The first kappa shape index (κ1) is 18.2. The van der Waals surface area contributed by atoms with Crippen LogP contribution in [0.25, 0.3) is 6.08 Å². The molecule has 2 aromatic rings. The van der Waals surface area contributed by atoms with Gasteiger partial charge in [0, 0.05) is 31.5 Å². The van der Waals surface area contributed by atoms with Crippen molar-refractivity contribution in [1.82, 2.24) is 9.62 Å². The first-order valence-electron chi connectivity index (χ1n) is 9.59. The molecule has 1 saturated heterocycles. The van der Waals surface area contributed by atoms with Crippen LogP contribution in [0.3, 0.4) is 0 Å². The molecular formula is C21H21N3O4S. The molecule has 150 valence electrons. The van der Waals surface area contributed by atoms with Gasteiger partial charge < -0.3 is 15.0 Å². The van der Waals surface area contributed by atoms with Gasteiger partial charge in [-0.05, 0) is 24.3 Å². The predicted molar refractivity (Wildman–Crippen MR) is 109 cm³/mol. The summed E-state index contributed by atoms with van der Waals surface area (Å²) in [7, 11) is -3.59. The van der Waals surface area contributed by atoms with Crippen molar-refractivity contribution >= 4 is 27.7 Å². The van der Waals surface area contributed by atoms with E-state index in [4.69, 9.17) is 4.74 Å². The van der Waals surface area contributed by atoms with E-state index in [-0.39, 0.29) is 17.4 Å². The van der Waals surface area contributed by atoms with Crippen molar-refractivity contribution in [1.29, 1.82) is 0 Å². The monoisotopic (exact) mass is 411 g/mol. The number of piperidine rings is 1. The molecule has 2 aromatic carbocycles. The van der Waals surface area contributed by atoms with E-state index in [2.05, 4.69) is 10.0 Å². The normalized spacial score (nSPS) is 21.2. The number of sulfonamides is 1. The molecule has 1 fully saturated rings. The highest BCUT2D eigenvalue weighted by Crippen LogP contribution is 2.35. The number of rotatable bonds is 1. The summed E-state index contributed by atoms with van der Waals surface area (Å²) < 4.78 is 33.8. The fraction of sp³-hybridized carbons (Fsp3) is 0.286. The maximum atomic E-state index is 13.0. The van der Waals surface area contributed by atoms with Crippen LogP contribution in [0.4, 0.5) is 5.69 Å². The van der Waals surface area contributed by atoms with Gasteiger partial charge in [0.2, 0.25) is 10.0 Å². The van der Waals surface area contributed by atoms with Crippen molar-refractivity contribution in [2.24, 2.45) is 0 Å². The van der Waals surface area contributed by atoms with Gasteiger partial charge >= 0.3 is 0 Å². The van der Waals surface area contributed by atoms with Gasteiger partial charge in [-0.15, -0.1) is 0 Å². The third-order valence-electron chi connectivity index (χ3n) is 5.69. The summed E-state index contributed by atoms with van der Waals surface area (Å²) in [6.45, 7) is 1.15. The molecule has 1 spiro atoms. The topological polar surface area (TPSA) is 87.7 Å². The highest BCUT2D eigenvalue weighted by Gasteiger charge is 2.44. The van der Waals surface area contributed by atoms with Gasteiger partial charge in [-0.25, -0.2) is 8.42 Å². The molecular weight excluding hydrogens is 390 g/mol. The Bertz CT molecular complexity index is 1120. The molecule has 0 saturated carbocycles. The minimum atomic E-state index is -3.59. The molecule has 0 aromatic heterocycles. The number of hydrogen-bond donors (Lipinski definition) is 2. The van der Waals surface area contributed by atoms with Crippen LogP contribution in [0.1, 0.15) is 18.4 Å². The molecule has 8 heteroatoms. The number of anilines is 1. The average molecular weight is 411 g/mol. The summed E-state index contributed by atoms with van der Waals surface area (Å²) >= 11 is 0. The Morgan fingerprint density at radius 2 is 1.76 bits per heavy atom. The van der Waals surface area contributed by atoms with E-state index >= 15 is 0 Å². The van der Waals surface area contributed by atoms with Crippen molar-refractivity contribution < 1.29 is 17.9 Å². The molecule has 3 aliphatic heterocycles. The van der Waals surface area contributed by atoms with Crippen LogP contribution in [0.5, 0.6) is 5.75 Å². The van der Waals surface area contributed by atoms with Gasteiger partial charge in [-0.3, -0.25) is 4.79 Å². The number of carbonyl (C=O) groups is 1. The van der Waals surface area contributed by atoms with E-state index in [1.54, 1.807) is 23.1 Å². The van der Waals surface area contributed by atoms with Crippen LogP contribution >= 0.6 is 0 Å². The number of nitrogens with zero attached hydrogens (tertiary/aromatic N) is 1. The Morgan fingerprint density at radius 3 is 2.59 bits per heavy atom. The molecule has 5 rings (SSSR count). The second-order valence-electron chi connectivity index (χ2n) is 7.60. The van der Waals surface area contributed by atoms with Crippen LogP contribution < -0.4 is 14.8 Å². The lowest BCUT2D eigenvalue weighted by Gasteiger charge is -2.45. The van der Waals surface area contributed by atoms with Crippen LogP contribution in [0.2, 0.25) is 0 Å². The number of ether oxygens (including phenoxy) is 1. The average Bonchev–Trinajstić information content (AvgIpc) is 2.73. The fourth-order valence-corrected chi connectivity index (χ4v) is 5.71. The number of carbonyl (C=O) groups excluding carboxylic acids is 1. The molecule has 7 nitrogen and oxygen atoms in total. The minimum Gasteiger partial charge on any atom is -0.488 e. The maximum absolute atomic E-state index is 13.0. The van der Waals surface area contributed by atoms with E-state index in [1.165, 1.54) is 0 Å². The van der Waals surface area contributed by atoms with Gasteiger partial charge in [0.05, 0.1) is 11.3 Å². The van der Waals surface area contributed by atoms with E-state index in [1.807, 2.05) is 36.4 Å². The van der Waals surface area contributed by atoms with Crippen molar-refractivity contribution in [3.05, 3.63) is 59.7 Å². The molecule has 1 amide bonds. The number of para-hydroxylation sites is 2. The highest BCUT2D eigenvalue weighted by molar-refractivity contribution is 7.89. The smallest absolute Gasteiger partial charge is 0.253 e. The summed E-state index contributed by atoms with van der Waals surface area (Å²) in [6.07, 6.45) is 2.84. The molecule has 29 heavy (non-hydrogen) atoms. The molecule has 3 aliphatic rings. The number of benzene rings is 2. The SMILES string of the molecule is O=C(C1=Cc2ccccc2OC1)N1CCC2(CC1)Nc1ccccc1S(=O)(=O)N2. The molecule has 2 N–H and O–H groups in total. The molecule has 0 bridgehead atoms. The number of amides is 1. The number of fused-ring (bicyclic) bond motifs is 2. The Balaban J connectivity index is 1.33. The van der Waals surface area contributed by atoms with E-state index in [0.29, 0.717) is 37.2 Å². The minimum absolute atomic E-state index is 0.0616. The predicted octanol–water partition coefficient (Wildman–Crippen LogP) is 2.19. The van der Waals surface area contributed by atoms with Gasteiger partial charge in [0.25, 0.3) is 5.91 Å². The number of hydrogen-bond acceptors (Lipinski definition) is 5. The second kappa shape index (κ2) is 6.60. The van der Waals surface area contributed by atoms with Gasteiger partial charge in [-0.1, -0.05) is 30.3 Å². The van der Waals surface area contributed by atoms with E-state index in [0.717, 1.165) is 11.3 Å². The molecule has 0 atom stereocenters. The third kappa shape index (κ3) is 3.18. The Morgan fingerprint density at radius 1 is 1.03 bits per heavy atom. The molecule has 0 radical (unpaired) electrons. The Kier molecular flexibility index (Phi) is 4.15. The summed E-state index contributed by atoms with van der Waals surface area (Å²) in [5.74, 6) is 0.717. The Hall–Kier alpha value is -2.84.